The summed E-state index contributed by atoms with van der Waals surface area (Å²) in [5.41, 5.74) is 3.81. The monoisotopic (exact) mass is 285 g/mol. The average molecular weight is 285 g/mol. The Kier molecular flexibility index (Phi) is 5.61. The Morgan fingerprint density at radius 1 is 1.10 bits per heavy atom. The first-order chi connectivity index (χ1) is 10.3. The molecule has 1 N–H and O–H groups in total. The van der Waals surface area contributed by atoms with Crippen LogP contribution >= 0.6 is 0 Å². The number of benzene rings is 1. The molecule has 3 heteroatoms. The number of rotatable bonds is 7. The molecule has 0 unspecified atom stereocenters. The third-order valence-electron chi connectivity index (χ3n) is 3.56. The first-order valence-corrected chi connectivity index (χ1v) is 7.70. The van der Waals surface area contributed by atoms with Crippen molar-refractivity contribution < 1.29 is 9.53 Å². The Balaban J connectivity index is 2.12. The molecule has 3 nitrogen and oxygen atoms in total. The van der Waals surface area contributed by atoms with E-state index in [0.29, 0.717) is 12.3 Å². The van der Waals surface area contributed by atoms with E-state index in [1.54, 1.807) is 6.20 Å². The van der Waals surface area contributed by atoms with Crippen LogP contribution in [0.1, 0.15) is 49.2 Å². The molecule has 0 aliphatic rings. The van der Waals surface area contributed by atoms with Gasteiger partial charge in [0.05, 0.1) is 6.61 Å². The van der Waals surface area contributed by atoms with Gasteiger partial charge >= 0.3 is 5.97 Å². The fourth-order valence-electron chi connectivity index (χ4n) is 2.41. The van der Waals surface area contributed by atoms with Gasteiger partial charge in [-0.05, 0) is 37.0 Å². The SMILES string of the molecule is CCCCCc1ccc(-c2cc[nH]c2C(=O)OCC)cc1. The molecule has 0 amide bonds. The molecule has 0 bridgehead atoms. The molecule has 1 heterocycles. The van der Waals surface area contributed by atoms with Crippen molar-refractivity contribution in [2.75, 3.05) is 6.61 Å². The lowest BCUT2D eigenvalue weighted by molar-refractivity contribution is 0.0521. The van der Waals surface area contributed by atoms with Crippen molar-refractivity contribution in [1.29, 1.82) is 0 Å². The number of hydrogen-bond donors (Lipinski definition) is 1. The second kappa shape index (κ2) is 7.67. The Hall–Kier alpha value is -2.03. The predicted octanol–water partition coefficient (Wildman–Crippen LogP) is 4.59. The lowest BCUT2D eigenvalue weighted by Gasteiger charge is -2.06. The van der Waals surface area contributed by atoms with Gasteiger partial charge in [-0.25, -0.2) is 4.79 Å². The number of aromatic amines is 1. The largest absolute Gasteiger partial charge is 0.461 e. The van der Waals surface area contributed by atoms with Gasteiger partial charge in [0.2, 0.25) is 0 Å². The van der Waals surface area contributed by atoms with Crippen LogP contribution in [0, 0.1) is 0 Å². The van der Waals surface area contributed by atoms with Gasteiger partial charge in [0, 0.05) is 11.8 Å². The molecular formula is C18H23NO2. The molecule has 2 rings (SSSR count). The first kappa shape index (κ1) is 15.4. The number of carbonyl (C=O) groups is 1. The topological polar surface area (TPSA) is 42.1 Å². The molecule has 2 aromatic rings. The van der Waals surface area contributed by atoms with Crippen molar-refractivity contribution in [3.05, 3.63) is 47.8 Å². The van der Waals surface area contributed by atoms with E-state index < -0.39 is 0 Å². The maximum Gasteiger partial charge on any atom is 0.355 e. The van der Waals surface area contributed by atoms with Gasteiger partial charge in [0.15, 0.2) is 0 Å². The number of ether oxygens (including phenoxy) is 1. The molecule has 0 saturated heterocycles. The minimum Gasteiger partial charge on any atom is -0.461 e. The molecule has 1 aromatic heterocycles. The van der Waals surface area contributed by atoms with Crippen molar-refractivity contribution in [3.63, 3.8) is 0 Å². The fraction of sp³-hybridized carbons (Fsp3) is 0.389. The van der Waals surface area contributed by atoms with E-state index in [1.807, 2.05) is 13.0 Å². The van der Waals surface area contributed by atoms with E-state index in [2.05, 4.69) is 36.2 Å². The molecule has 21 heavy (non-hydrogen) atoms. The molecule has 0 spiro atoms. The van der Waals surface area contributed by atoms with Crippen LogP contribution in [0.2, 0.25) is 0 Å². The number of nitrogens with one attached hydrogen (secondary N) is 1. The third-order valence-corrected chi connectivity index (χ3v) is 3.56. The molecule has 0 atom stereocenters. The van der Waals surface area contributed by atoms with Crippen LogP contribution in [0.3, 0.4) is 0 Å². The highest BCUT2D eigenvalue weighted by molar-refractivity contribution is 5.95. The summed E-state index contributed by atoms with van der Waals surface area (Å²) in [4.78, 5) is 14.9. The lowest BCUT2D eigenvalue weighted by atomic mass is 10.0. The highest BCUT2D eigenvalue weighted by Crippen LogP contribution is 2.24. The molecule has 0 aliphatic carbocycles. The summed E-state index contributed by atoms with van der Waals surface area (Å²) in [5.74, 6) is -0.301. The van der Waals surface area contributed by atoms with Gasteiger partial charge in [-0.15, -0.1) is 0 Å². The van der Waals surface area contributed by atoms with Gasteiger partial charge in [0.25, 0.3) is 0 Å². The molecule has 0 radical (unpaired) electrons. The highest BCUT2D eigenvalue weighted by Gasteiger charge is 2.14. The fourth-order valence-corrected chi connectivity index (χ4v) is 2.41. The summed E-state index contributed by atoms with van der Waals surface area (Å²) in [6.45, 7) is 4.41. The summed E-state index contributed by atoms with van der Waals surface area (Å²) < 4.78 is 5.07. The van der Waals surface area contributed by atoms with Crippen LogP contribution in [-0.2, 0) is 11.2 Å². The van der Waals surface area contributed by atoms with E-state index in [1.165, 1.54) is 24.8 Å². The van der Waals surface area contributed by atoms with Gasteiger partial charge in [-0.3, -0.25) is 0 Å². The van der Waals surface area contributed by atoms with E-state index in [9.17, 15) is 4.79 Å². The van der Waals surface area contributed by atoms with Crippen LogP contribution in [0.4, 0.5) is 0 Å². The number of unbranched alkanes of at least 4 members (excludes halogenated alkanes) is 2. The van der Waals surface area contributed by atoms with Crippen molar-refractivity contribution in [1.82, 2.24) is 4.98 Å². The second-order valence-electron chi connectivity index (χ2n) is 5.14. The Labute approximate surface area is 126 Å². The van der Waals surface area contributed by atoms with Crippen LogP contribution in [0.15, 0.2) is 36.5 Å². The molecule has 112 valence electrons. The van der Waals surface area contributed by atoms with Crippen molar-refractivity contribution in [3.8, 4) is 11.1 Å². The molecule has 0 fully saturated rings. The zero-order chi connectivity index (χ0) is 15.1. The van der Waals surface area contributed by atoms with E-state index >= 15 is 0 Å². The second-order valence-corrected chi connectivity index (χ2v) is 5.14. The zero-order valence-corrected chi connectivity index (χ0v) is 12.8. The number of hydrogen-bond acceptors (Lipinski definition) is 2. The summed E-state index contributed by atoms with van der Waals surface area (Å²) >= 11 is 0. The summed E-state index contributed by atoms with van der Waals surface area (Å²) in [6, 6.07) is 10.4. The van der Waals surface area contributed by atoms with Crippen LogP contribution in [-0.4, -0.2) is 17.6 Å². The maximum absolute atomic E-state index is 11.9. The normalized spacial score (nSPS) is 10.6. The zero-order valence-electron chi connectivity index (χ0n) is 12.8. The minimum atomic E-state index is -0.301. The van der Waals surface area contributed by atoms with Crippen LogP contribution < -0.4 is 0 Å². The first-order valence-electron chi connectivity index (χ1n) is 7.70. The Morgan fingerprint density at radius 2 is 1.86 bits per heavy atom. The summed E-state index contributed by atoms with van der Waals surface area (Å²) in [6.07, 6.45) is 6.63. The molecule has 1 aromatic carbocycles. The lowest BCUT2D eigenvalue weighted by Crippen LogP contribution is -2.06. The average Bonchev–Trinajstić information content (AvgIpc) is 2.98. The number of esters is 1. The van der Waals surface area contributed by atoms with Gasteiger partial charge in [-0.2, -0.15) is 0 Å². The molecule has 0 saturated carbocycles. The van der Waals surface area contributed by atoms with E-state index in [-0.39, 0.29) is 5.97 Å². The van der Waals surface area contributed by atoms with Crippen LogP contribution in [0.25, 0.3) is 11.1 Å². The standard InChI is InChI=1S/C18H23NO2/c1-3-5-6-7-14-8-10-15(11-9-14)16-12-13-19-17(16)18(20)21-4-2/h8-13,19H,3-7H2,1-2H3. The third kappa shape index (κ3) is 3.97. The Bertz CT molecular complexity index is 569. The highest BCUT2D eigenvalue weighted by atomic mass is 16.5. The maximum atomic E-state index is 11.9. The van der Waals surface area contributed by atoms with Crippen molar-refractivity contribution in [2.24, 2.45) is 0 Å². The van der Waals surface area contributed by atoms with E-state index in [4.69, 9.17) is 4.74 Å². The minimum absolute atomic E-state index is 0.301. The van der Waals surface area contributed by atoms with Crippen molar-refractivity contribution in [2.45, 2.75) is 39.5 Å². The summed E-state index contributed by atoms with van der Waals surface area (Å²) in [5, 5.41) is 0. The van der Waals surface area contributed by atoms with E-state index in [0.717, 1.165) is 17.5 Å². The molecular weight excluding hydrogens is 262 g/mol. The number of carbonyl (C=O) groups excluding carboxylic acids is 1. The number of H-pyrrole nitrogens is 1. The van der Waals surface area contributed by atoms with Gasteiger partial charge < -0.3 is 9.72 Å². The van der Waals surface area contributed by atoms with Gasteiger partial charge in [-0.1, -0.05) is 44.0 Å². The summed E-state index contributed by atoms with van der Waals surface area (Å²) in [7, 11) is 0. The van der Waals surface area contributed by atoms with Crippen molar-refractivity contribution >= 4 is 5.97 Å². The number of aromatic nitrogens is 1. The smallest absolute Gasteiger partial charge is 0.355 e. The number of aryl methyl sites for hydroxylation is 1. The Morgan fingerprint density at radius 3 is 2.52 bits per heavy atom. The quantitative estimate of drug-likeness (QED) is 0.597. The van der Waals surface area contributed by atoms with Crippen LogP contribution in [0.5, 0.6) is 0 Å². The molecule has 0 aliphatic heterocycles. The van der Waals surface area contributed by atoms with Gasteiger partial charge in [0.1, 0.15) is 5.69 Å². The predicted molar refractivity (Wildman–Crippen MR) is 85.4 cm³/mol.